The van der Waals surface area contributed by atoms with E-state index in [0.717, 1.165) is 22.3 Å². The average molecular weight is 269 g/mol. The Balaban J connectivity index is 2.22. The van der Waals surface area contributed by atoms with Crippen LogP contribution in [0.15, 0.2) is 48.5 Å². The number of benzene rings is 2. The van der Waals surface area contributed by atoms with Crippen LogP contribution in [0.1, 0.15) is 28.3 Å². The van der Waals surface area contributed by atoms with E-state index in [1.807, 2.05) is 62.4 Å². The van der Waals surface area contributed by atoms with Crippen molar-refractivity contribution < 1.29 is 9.90 Å². The summed E-state index contributed by atoms with van der Waals surface area (Å²) in [6.07, 6.45) is 0. The number of rotatable bonds is 5. The van der Waals surface area contributed by atoms with Gasteiger partial charge in [0.05, 0.1) is 0 Å². The van der Waals surface area contributed by atoms with Crippen LogP contribution in [-0.4, -0.2) is 11.1 Å². The van der Waals surface area contributed by atoms with Gasteiger partial charge in [-0.25, -0.2) is 0 Å². The molecule has 0 fully saturated rings. The second-order valence-corrected chi connectivity index (χ2v) is 4.94. The Kier molecular flexibility index (Phi) is 4.53. The summed E-state index contributed by atoms with van der Waals surface area (Å²) < 4.78 is 0. The third-order valence-electron chi connectivity index (χ3n) is 3.43. The van der Waals surface area contributed by atoms with Crippen LogP contribution < -0.4 is 5.32 Å². The second kappa shape index (κ2) is 6.35. The average Bonchev–Trinajstić information content (AvgIpc) is 2.42. The molecule has 0 amide bonds. The SMILES string of the molecule is Cc1cccc(C)c1C(NCc1ccccc1)C(=O)O. The highest BCUT2D eigenvalue weighted by atomic mass is 16.4. The van der Waals surface area contributed by atoms with Crippen molar-refractivity contribution in [3.63, 3.8) is 0 Å². The zero-order chi connectivity index (χ0) is 14.5. The van der Waals surface area contributed by atoms with Crippen LogP contribution >= 0.6 is 0 Å². The van der Waals surface area contributed by atoms with Crippen molar-refractivity contribution in [2.75, 3.05) is 0 Å². The number of carbonyl (C=O) groups is 1. The van der Waals surface area contributed by atoms with Crippen LogP contribution in [0.2, 0.25) is 0 Å². The number of nitrogens with one attached hydrogen (secondary N) is 1. The quantitative estimate of drug-likeness (QED) is 0.876. The third kappa shape index (κ3) is 3.25. The molecule has 104 valence electrons. The molecule has 2 aromatic carbocycles. The lowest BCUT2D eigenvalue weighted by Crippen LogP contribution is -2.29. The predicted molar refractivity (Wildman–Crippen MR) is 79.6 cm³/mol. The first-order valence-electron chi connectivity index (χ1n) is 6.66. The van der Waals surface area contributed by atoms with Gasteiger partial charge in [0, 0.05) is 6.54 Å². The van der Waals surface area contributed by atoms with Crippen molar-refractivity contribution in [1.29, 1.82) is 0 Å². The highest BCUT2D eigenvalue weighted by Gasteiger charge is 2.22. The van der Waals surface area contributed by atoms with Gasteiger partial charge in [-0.05, 0) is 36.1 Å². The van der Waals surface area contributed by atoms with Crippen molar-refractivity contribution >= 4 is 5.97 Å². The highest BCUT2D eigenvalue weighted by molar-refractivity contribution is 5.76. The first kappa shape index (κ1) is 14.3. The molecule has 0 saturated carbocycles. The van der Waals surface area contributed by atoms with Crippen LogP contribution in [0.4, 0.5) is 0 Å². The Labute approximate surface area is 119 Å². The third-order valence-corrected chi connectivity index (χ3v) is 3.43. The summed E-state index contributed by atoms with van der Waals surface area (Å²) in [5.74, 6) is -0.849. The highest BCUT2D eigenvalue weighted by Crippen LogP contribution is 2.22. The standard InChI is InChI=1S/C17H19NO2/c1-12-7-6-8-13(2)15(12)16(17(19)20)18-11-14-9-4-3-5-10-14/h3-10,16,18H,11H2,1-2H3,(H,19,20). The molecule has 0 aliphatic carbocycles. The molecule has 3 heteroatoms. The van der Waals surface area contributed by atoms with Crippen molar-refractivity contribution in [3.8, 4) is 0 Å². The van der Waals surface area contributed by atoms with E-state index in [1.54, 1.807) is 0 Å². The van der Waals surface area contributed by atoms with Crippen molar-refractivity contribution in [1.82, 2.24) is 5.32 Å². The van der Waals surface area contributed by atoms with Gasteiger partial charge in [-0.15, -0.1) is 0 Å². The van der Waals surface area contributed by atoms with E-state index < -0.39 is 12.0 Å². The molecule has 1 unspecified atom stereocenters. The van der Waals surface area contributed by atoms with E-state index in [-0.39, 0.29) is 0 Å². The fourth-order valence-corrected chi connectivity index (χ4v) is 2.41. The Morgan fingerprint density at radius 1 is 1.05 bits per heavy atom. The molecule has 0 bridgehead atoms. The van der Waals surface area contributed by atoms with E-state index in [9.17, 15) is 9.90 Å². The molecule has 0 radical (unpaired) electrons. The van der Waals surface area contributed by atoms with Gasteiger partial charge in [0.25, 0.3) is 0 Å². The lowest BCUT2D eigenvalue weighted by Gasteiger charge is -2.19. The molecule has 20 heavy (non-hydrogen) atoms. The molecular formula is C17H19NO2. The number of hydrogen-bond acceptors (Lipinski definition) is 2. The smallest absolute Gasteiger partial charge is 0.325 e. The minimum Gasteiger partial charge on any atom is -0.480 e. The molecule has 0 aromatic heterocycles. The molecule has 0 aliphatic heterocycles. The summed E-state index contributed by atoms with van der Waals surface area (Å²) in [5.41, 5.74) is 3.93. The van der Waals surface area contributed by atoms with Crippen LogP contribution in [-0.2, 0) is 11.3 Å². The summed E-state index contributed by atoms with van der Waals surface area (Å²) in [6, 6.07) is 15.0. The number of carboxylic acids is 1. The van der Waals surface area contributed by atoms with Gasteiger partial charge in [-0.1, -0.05) is 48.5 Å². The maximum atomic E-state index is 11.6. The topological polar surface area (TPSA) is 49.3 Å². The molecule has 0 heterocycles. The van der Waals surface area contributed by atoms with E-state index in [0.29, 0.717) is 6.54 Å². The number of aryl methyl sites for hydroxylation is 2. The Hall–Kier alpha value is -2.13. The fraction of sp³-hybridized carbons (Fsp3) is 0.235. The second-order valence-electron chi connectivity index (χ2n) is 4.94. The fourth-order valence-electron chi connectivity index (χ4n) is 2.41. The van der Waals surface area contributed by atoms with Crippen molar-refractivity contribution in [2.45, 2.75) is 26.4 Å². The van der Waals surface area contributed by atoms with Gasteiger partial charge >= 0.3 is 5.97 Å². The summed E-state index contributed by atoms with van der Waals surface area (Å²) >= 11 is 0. The lowest BCUT2D eigenvalue weighted by atomic mass is 9.96. The van der Waals surface area contributed by atoms with E-state index in [2.05, 4.69) is 5.32 Å². The molecule has 2 N–H and O–H groups in total. The largest absolute Gasteiger partial charge is 0.480 e. The molecule has 0 aliphatic rings. The Morgan fingerprint density at radius 3 is 2.20 bits per heavy atom. The summed E-state index contributed by atoms with van der Waals surface area (Å²) in [5, 5.41) is 12.6. The van der Waals surface area contributed by atoms with Gasteiger partial charge in [0.15, 0.2) is 0 Å². The Bertz CT molecular complexity index is 573. The van der Waals surface area contributed by atoms with Crippen LogP contribution in [0.25, 0.3) is 0 Å². The number of aliphatic carboxylic acids is 1. The van der Waals surface area contributed by atoms with E-state index in [1.165, 1.54) is 0 Å². The van der Waals surface area contributed by atoms with Crippen LogP contribution in [0.3, 0.4) is 0 Å². The van der Waals surface area contributed by atoms with Gasteiger partial charge in [-0.3, -0.25) is 10.1 Å². The summed E-state index contributed by atoms with van der Waals surface area (Å²) in [6.45, 7) is 4.43. The van der Waals surface area contributed by atoms with Gasteiger partial charge < -0.3 is 5.11 Å². The molecule has 0 spiro atoms. The number of hydrogen-bond donors (Lipinski definition) is 2. The zero-order valence-electron chi connectivity index (χ0n) is 11.8. The molecule has 3 nitrogen and oxygen atoms in total. The molecule has 2 rings (SSSR count). The monoisotopic (exact) mass is 269 g/mol. The first-order chi connectivity index (χ1) is 9.59. The van der Waals surface area contributed by atoms with E-state index >= 15 is 0 Å². The summed E-state index contributed by atoms with van der Waals surface area (Å²) in [4.78, 5) is 11.6. The van der Waals surface area contributed by atoms with Gasteiger partial charge in [0.2, 0.25) is 0 Å². The minimum atomic E-state index is -0.849. The van der Waals surface area contributed by atoms with Crippen molar-refractivity contribution in [2.24, 2.45) is 0 Å². The van der Waals surface area contributed by atoms with Crippen LogP contribution in [0.5, 0.6) is 0 Å². The predicted octanol–water partition coefficient (Wildman–Crippen LogP) is 3.22. The lowest BCUT2D eigenvalue weighted by molar-refractivity contribution is -0.139. The molecular weight excluding hydrogens is 250 g/mol. The first-order valence-corrected chi connectivity index (χ1v) is 6.66. The van der Waals surface area contributed by atoms with E-state index in [4.69, 9.17) is 0 Å². The van der Waals surface area contributed by atoms with Crippen molar-refractivity contribution in [3.05, 3.63) is 70.8 Å². The maximum absolute atomic E-state index is 11.6. The summed E-state index contributed by atoms with van der Waals surface area (Å²) in [7, 11) is 0. The molecule has 1 atom stereocenters. The molecule has 0 saturated heterocycles. The number of carboxylic acid groups (broad SMARTS) is 1. The molecule has 2 aromatic rings. The minimum absolute atomic E-state index is 0.533. The maximum Gasteiger partial charge on any atom is 0.325 e. The van der Waals surface area contributed by atoms with Crippen LogP contribution in [0, 0.1) is 13.8 Å². The van der Waals surface area contributed by atoms with Gasteiger partial charge in [-0.2, -0.15) is 0 Å². The normalized spacial score (nSPS) is 12.1. The Morgan fingerprint density at radius 2 is 1.65 bits per heavy atom. The van der Waals surface area contributed by atoms with Gasteiger partial charge in [0.1, 0.15) is 6.04 Å². The zero-order valence-corrected chi connectivity index (χ0v) is 11.8.